The van der Waals surface area contributed by atoms with Gasteiger partial charge >= 0.3 is 5.97 Å². The first kappa shape index (κ1) is 15.5. The van der Waals surface area contributed by atoms with E-state index in [1.165, 1.54) is 22.1 Å². The Morgan fingerprint density at radius 3 is 2.86 bits per heavy atom. The molecule has 1 heterocycles. The van der Waals surface area contributed by atoms with Crippen LogP contribution in [0, 0.1) is 6.92 Å². The van der Waals surface area contributed by atoms with Gasteiger partial charge in [0.2, 0.25) is 0 Å². The lowest BCUT2D eigenvalue weighted by molar-refractivity contribution is -0.131. The van der Waals surface area contributed by atoms with Gasteiger partial charge in [0.15, 0.2) is 0 Å². The maximum atomic E-state index is 10.6. The number of thiophene rings is 1. The van der Waals surface area contributed by atoms with Crippen LogP contribution in [0.5, 0.6) is 0 Å². The van der Waals surface area contributed by atoms with Crippen LogP contribution in [-0.2, 0) is 17.9 Å². The minimum absolute atomic E-state index is 0.810. The van der Waals surface area contributed by atoms with Crippen molar-refractivity contribution >= 4 is 23.4 Å². The molecule has 0 aliphatic carbocycles. The summed E-state index contributed by atoms with van der Waals surface area (Å²) in [7, 11) is 2.08. The molecule has 110 valence electrons. The van der Waals surface area contributed by atoms with Gasteiger partial charge in [-0.1, -0.05) is 29.8 Å². The standard InChI is InChI=1S/C17H19NO2S/c1-13-4-3-5-14(10-13)11-18(2)12-16-15(8-9-21-16)6-7-17(19)20/h3-10H,11-12H2,1-2H3,(H,19,20). The fourth-order valence-corrected chi connectivity index (χ4v) is 3.16. The summed E-state index contributed by atoms with van der Waals surface area (Å²) in [5, 5.41) is 10.7. The minimum atomic E-state index is -0.916. The highest BCUT2D eigenvalue weighted by molar-refractivity contribution is 7.10. The lowest BCUT2D eigenvalue weighted by Crippen LogP contribution is -2.17. The van der Waals surface area contributed by atoms with Gasteiger partial charge in [-0.2, -0.15) is 0 Å². The highest BCUT2D eigenvalue weighted by atomic mass is 32.1. The highest BCUT2D eigenvalue weighted by Gasteiger charge is 2.07. The summed E-state index contributed by atoms with van der Waals surface area (Å²) in [6, 6.07) is 10.4. The molecule has 3 nitrogen and oxygen atoms in total. The molecule has 0 unspecified atom stereocenters. The van der Waals surface area contributed by atoms with Crippen molar-refractivity contribution < 1.29 is 9.90 Å². The Morgan fingerprint density at radius 1 is 1.33 bits per heavy atom. The van der Waals surface area contributed by atoms with Crippen molar-refractivity contribution in [3.05, 3.63) is 63.4 Å². The molecule has 0 aliphatic heterocycles. The first-order valence-electron chi connectivity index (χ1n) is 6.76. The number of carboxylic acid groups (broad SMARTS) is 1. The summed E-state index contributed by atoms with van der Waals surface area (Å²) in [5.41, 5.74) is 3.54. The summed E-state index contributed by atoms with van der Waals surface area (Å²) in [5.74, 6) is -0.916. The number of aliphatic carboxylic acids is 1. The van der Waals surface area contributed by atoms with Crippen LogP contribution in [0.25, 0.3) is 6.08 Å². The molecule has 1 N–H and O–H groups in total. The van der Waals surface area contributed by atoms with Gasteiger partial charge in [-0.15, -0.1) is 11.3 Å². The maximum absolute atomic E-state index is 10.6. The zero-order valence-electron chi connectivity index (χ0n) is 12.2. The maximum Gasteiger partial charge on any atom is 0.328 e. The molecule has 0 amide bonds. The fourth-order valence-electron chi connectivity index (χ4n) is 2.21. The lowest BCUT2D eigenvalue weighted by Gasteiger charge is -2.16. The van der Waals surface area contributed by atoms with Crippen LogP contribution in [0.2, 0.25) is 0 Å². The second-order valence-electron chi connectivity index (χ2n) is 5.13. The van der Waals surface area contributed by atoms with E-state index in [1.807, 2.05) is 11.4 Å². The van der Waals surface area contributed by atoms with Gasteiger partial charge in [0.25, 0.3) is 0 Å². The molecule has 0 saturated heterocycles. The lowest BCUT2D eigenvalue weighted by atomic mass is 10.1. The zero-order valence-corrected chi connectivity index (χ0v) is 13.1. The molecule has 1 aromatic carbocycles. The predicted molar refractivity (Wildman–Crippen MR) is 87.3 cm³/mol. The third kappa shape index (κ3) is 4.85. The van der Waals surface area contributed by atoms with Gasteiger partial charge in [0.1, 0.15) is 0 Å². The number of benzene rings is 1. The number of carbonyl (C=O) groups is 1. The van der Waals surface area contributed by atoms with Crippen LogP contribution in [0.1, 0.15) is 21.6 Å². The van der Waals surface area contributed by atoms with E-state index in [1.54, 1.807) is 17.4 Å². The molecule has 1 aromatic heterocycles. The molecule has 2 rings (SSSR count). The highest BCUT2D eigenvalue weighted by Crippen LogP contribution is 2.21. The monoisotopic (exact) mass is 301 g/mol. The van der Waals surface area contributed by atoms with Crippen LogP contribution in [0.3, 0.4) is 0 Å². The van der Waals surface area contributed by atoms with Gasteiger partial charge in [-0.25, -0.2) is 4.79 Å². The molecule has 0 fully saturated rings. The Bertz CT molecular complexity index is 646. The van der Waals surface area contributed by atoms with Gasteiger partial charge in [0, 0.05) is 24.0 Å². The summed E-state index contributed by atoms with van der Waals surface area (Å²) < 4.78 is 0. The summed E-state index contributed by atoms with van der Waals surface area (Å²) in [6.07, 6.45) is 2.85. The first-order chi connectivity index (χ1) is 10.0. The Labute approximate surface area is 129 Å². The Balaban J connectivity index is 2.01. The van der Waals surface area contributed by atoms with E-state index in [-0.39, 0.29) is 0 Å². The third-order valence-electron chi connectivity index (χ3n) is 3.13. The van der Waals surface area contributed by atoms with E-state index in [2.05, 4.69) is 43.1 Å². The van der Waals surface area contributed by atoms with Crippen LogP contribution in [-0.4, -0.2) is 23.0 Å². The molecule has 4 heteroatoms. The molecular formula is C17H19NO2S. The van der Waals surface area contributed by atoms with Crippen molar-refractivity contribution in [2.24, 2.45) is 0 Å². The van der Waals surface area contributed by atoms with Crippen LogP contribution in [0.15, 0.2) is 41.8 Å². The second kappa shape index (κ2) is 7.20. The molecule has 21 heavy (non-hydrogen) atoms. The van der Waals surface area contributed by atoms with Crippen molar-refractivity contribution in [3.63, 3.8) is 0 Å². The molecule has 0 atom stereocenters. The number of rotatable bonds is 6. The van der Waals surface area contributed by atoms with E-state index >= 15 is 0 Å². The number of carboxylic acids is 1. The Morgan fingerprint density at radius 2 is 2.14 bits per heavy atom. The van der Waals surface area contributed by atoms with Crippen molar-refractivity contribution in [1.29, 1.82) is 0 Å². The van der Waals surface area contributed by atoms with Crippen molar-refractivity contribution in [3.8, 4) is 0 Å². The summed E-state index contributed by atoms with van der Waals surface area (Å²) >= 11 is 1.66. The smallest absolute Gasteiger partial charge is 0.328 e. The topological polar surface area (TPSA) is 40.5 Å². The Kier molecular flexibility index (Phi) is 5.31. The van der Waals surface area contributed by atoms with Gasteiger partial charge < -0.3 is 5.11 Å². The van der Waals surface area contributed by atoms with E-state index in [9.17, 15) is 4.79 Å². The number of hydrogen-bond donors (Lipinski definition) is 1. The normalized spacial score (nSPS) is 11.4. The van der Waals surface area contributed by atoms with Gasteiger partial charge in [0.05, 0.1) is 0 Å². The van der Waals surface area contributed by atoms with Crippen LogP contribution < -0.4 is 0 Å². The van der Waals surface area contributed by atoms with Crippen LogP contribution in [0.4, 0.5) is 0 Å². The predicted octanol–water partition coefficient (Wildman–Crippen LogP) is 3.79. The first-order valence-corrected chi connectivity index (χ1v) is 7.64. The van der Waals surface area contributed by atoms with Crippen LogP contribution >= 0.6 is 11.3 Å². The van der Waals surface area contributed by atoms with Gasteiger partial charge in [-0.3, -0.25) is 4.90 Å². The van der Waals surface area contributed by atoms with Crippen molar-refractivity contribution in [1.82, 2.24) is 4.90 Å². The third-order valence-corrected chi connectivity index (χ3v) is 4.06. The van der Waals surface area contributed by atoms with Crippen molar-refractivity contribution in [2.75, 3.05) is 7.05 Å². The number of aryl methyl sites for hydroxylation is 1. The molecule has 0 bridgehead atoms. The second-order valence-corrected chi connectivity index (χ2v) is 6.13. The average molecular weight is 301 g/mol. The molecule has 0 spiro atoms. The Hall–Kier alpha value is -1.91. The summed E-state index contributed by atoms with van der Waals surface area (Å²) in [4.78, 5) is 14.0. The van der Waals surface area contributed by atoms with E-state index < -0.39 is 5.97 Å². The van der Waals surface area contributed by atoms with E-state index in [0.29, 0.717) is 0 Å². The average Bonchev–Trinajstić information content (AvgIpc) is 2.83. The zero-order chi connectivity index (χ0) is 15.2. The van der Waals surface area contributed by atoms with E-state index in [0.717, 1.165) is 18.7 Å². The molecular weight excluding hydrogens is 282 g/mol. The minimum Gasteiger partial charge on any atom is -0.478 e. The van der Waals surface area contributed by atoms with Crippen molar-refractivity contribution in [2.45, 2.75) is 20.0 Å². The quantitative estimate of drug-likeness (QED) is 0.825. The summed E-state index contributed by atoms with van der Waals surface area (Å²) in [6.45, 7) is 3.78. The number of nitrogens with zero attached hydrogens (tertiary/aromatic N) is 1. The van der Waals surface area contributed by atoms with Gasteiger partial charge in [-0.05, 0) is 42.6 Å². The van der Waals surface area contributed by atoms with E-state index in [4.69, 9.17) is 5.11 Å². The molecule has 0 radical (unpaired) electrons. The SMILES string of the molecule is Cc1cccc(CN(C)Cc2sccc2C=CC(=O)O)c1. The largest absolute Gasteiger partial charge is 0.478 e. The fraction of sp³-hybridized carbons (Fsp3) is 0.235. The molecule has 0 aliphatic rings. The number of hydrogen-bond acceptors (Lipinski definition) is 3. The molecule has 2 aromatic rings. The molecule has 0 saturated carbocycles.